The lowest BCUT2D eigenvalue weighted by Gasteiger charge is -2.12. The Morgan fingerprint density at radius 3 is 3.00 bits per heavy atom. The van der Waals surface area contributed by atoms with Crippen LogP contribution in [0.2, 0.25) is 0 Å². The highest BCUT2D eigenvalue weighted by Crippen LogP contribution is 2.28. The van der Waals surface area contributed by atoms with Crippen LogP contribution in [0.15, 0.2) is 24.9 Å². The van der Waals surface area contributed by atoms with Crippen LogP contribution in [0.3, 0.4) is 0 Å². The number of benzene rings is 1. The highest BCUT2D eigenvalue weighted by Gasteiger charge is 2.20. The van der Waals surface area contributed by atoms with Crippen LogP contribution in [0.4, 0.5) is 10.5 Å². The van der Waals surface area contributed by atoms with E-state index in [1.165, 1.54) is 12.3 Å². The van der Waals surface area contributed by atoms with Gasteiger partial charge in [-0.25, -0.2) is 9.59 Å². The van der Waals surface area contributed by atoms with Crippen molar-refractivity contribution in [2.24, 2.45) is 0 Å². The Morgan fingerprint density at radius 2 is 2.35 bits per heavy atom. The molecule has 2 rings (SSSR count). The average Bonchev–Trinajstić information content (AvgIpc) is 2.83. The van der Waals surface area contributed by atoms with Crippen molar-refractivity contribution < 1.29 is 19.4 Å². The number of carboxylic acid groups (broad SMARTS) is 1. The Balaban J connectivity index is 2.48. The van der Waals surface area contributed by atoms with Gasteiger partial charge < -0.3 is 9.84 Å². The third kappa shape index (κ3) is 2.46. The number of carbonyl (C=O) groups is 2. The minimum absolute atomic E-state index is 0.0413. The Labute approximate surface area is 114 Å². The fourth-order valence-corrected chi connectivity index (χ4v) is 1.88. The number of ether oxygens (including phenoxy) is 1. The zero-order valence-corrected chi connectivity index (χ0v) is 10.8. The molecule has 1 heterocycles. The topological polar surface area (TPSA) is 104 Å². The second-order valence-electron chi connectivity index (χ2n) is 4.09. The number of hydrogen-bond acceptors (Lipinski definition) is 4. The summed E-state index contributed by atoms with van der Waals surface area (Å²) in [5, 5.41) is 18.9. The standard InChI is InChI=1S/C13H13N3O4/c1-3-4-20-13(19)15-10-7(2)5-8-6-14-16-11(8)9(10)12(17)18/h3,5-6H,1,4H2,2H3,(H,14,16)(H,15,19)(H,17,18). The minimum atomic E-state index is -1.16. The van der Waals surface area contributed by atoms with E-state index in [0.29, 0.717) is 16.5 Å². The summed E-state index contributed by atoms with van der Waals surface area (Å²) in [6.07, 6.45) is 2.20. The number of aromatic carboxylic acids is 1. The lowest BCUT2D eigenvalue weighted by atomic mass is 10.0. The molecule has 7 heteroatoms. The first-order chi connectivity index (χ1) is 9.54. The molecule has 0 unspecified atom stereocenters. The first-order valence-corrected chi connectivity index (χ1v) is 5.79. The maximum absolute atomic E-state index is 11.6. The van der Waals surface area contributed by atoms with Gasteiger partial charge in [0.25, 0.3) is 0 Å². The molecule has 20 heavy (non-hydrogen) atoms. The number of aromatic amines is 1. The summed E-state index contributed by atoms with van der Waals surface area (Å²) in [7, 11) is 0. The number of fused-ring (bicyclic) bond motifs is 1. The molecule has 1 amide bonds. The summed E-state index contributed by atoms with van der Waals surface area (Å²) in [6, 6.07) is 1.73. The second-order valence-corrected chi connectivity index (χ2v) is 4.09. The van der Waals surface area contributed by atoms with Crippen molar-refractivity contribution in [2.45, 2.75) is 6.92 Å². The number of H-pyrrole nitrogens is 1. The molecule has 0 aliphatic heterocycles. The van der Waals surface area contributed by atoms with Crippen molar-refractivity contribution in [2.75, 3.05) is 11.9 Å². The number of carboxylic acids is 1. The quantitative estimate of drug-likeness (QED) is 0.743. The van der Waals surface area contributed by atoms with E-state index in [0.717, 1.165) is 0 Å². The molecule has 0 fully saturated rings. The van der Waals surface area contributed by atoms with Crippen LogP contribution >= 0.6 is 0 Å². The molecule has 2 aromatic rings. The van der Waals surface area contributed by atoms with Crippen molar-refractivity contribution >= 4 is 28.7 Å². The molecule has 104 valence electrons. The maximum atomic E-state index is 11.6. The molecular weight excluding hydrogens is 262 g/mol. The molecule has 0 bridgehead atoms. The lowest BCUT2D eigenvalue weighted by Crippen LogP contribution is -2.17. The molecule has 0 spiro atoms. The average molecular weight is 275 g/mol. The molecule has 3 N–H and O–H groups in total. The van der Waals surface area contributed by atoms with Gasteiger partial charge in [0.15, 0.2) is 0 Å². The van der Waals surface area contributed by atoms with Gasteiger partial charge in [0.1, 0.15) is 12.2 Å². The fourth-order valence-electron chi connectivity index (χ4n) is 1.88. The van der Waals surface area contributed by atoms with E-state index >= 15 is 0 Å². The summed E-state index contributed by atoms with van der Waals surface area (Å²) < 4.78 is 4.79. The molecule has 7 nitrogen and oxygen atoms in total. The normalized spacial score (nSPS) is 10.2. The van der Waals surface area contributed by atoms with Gasteiger partial charge in [-0.15, -0.1) is 0 Å². The van der Waals surface area contributed by atoms with Gasteiger partial charge in [-0.1, -0.05) is 12.7 Å². The van der Waals surface area contributed by atoms with E-state index in [2.05, 4.69) is 22.1 Å². The van der Waals surface area contributed by atoms with Crippen LogP contribution in [0, 0.1) is 6.92 Å². The van der Waals surface area contributed by atoms with E-state index in [1.54, 1.807) is 13.0 Å². The molecule has 1 aromatic heterocycles. The first-order valence-electron chi connectivity index (χ1n) is 5.79. The SMILES string of the molecule is C=CCOC(=O)Nc1c(C)cc2cn[nH]c2c1C(=O)O. The van der Waals surface area contributed by atoms with Gasteiger partial charge in [0.2, 0.25) is 0 Å². The molecule has 0 aliphatic carbocycles. The second kappa shape index (κ2) is 5.43. The number of anilines is 1. The van der Waals surface area contributed by atoms with Crippen LogP contribution in [0.5, 0.6) is 0 Å². The van der Waals surface area contributed by atoms with Crippen molar-refractivity contribution in [1.29, 1.82) is 0 Å². The number of nitrogens with one attached hydrogen (secondary N) is 2. The molecule has 0 aliphatic rings. The van der Waals surface area contributed by atoms with E-state index in [1.807, 2.05) is 0 Å². The van der Waals surface area contributed by atoms with Crippen molar-refractivity contribution in [1.82, 2.24) is 10.2 Å². The van der Waals surface area contributed by atoms with E-state index in [4.69, 9.17) is 4.74 Å². The first kappa shape index (κ1) is 13.6. The summed E-state index contributed by atoms with van der Waals surface area (Å²) in [5.41, 5.74) is 1.09. The summed E-state index contributed by atoms with van der Waals surface area (Å²) in [6.45, 7) is 5.16. The van der Waals surface area contributed by atoms with Crippen LogP contribution in [0.1, 0.15) is 15.9 Å². The van der Waals surface area contributed by atoms with Gasteiger partial charge in [-0.05, 0) is 18.6 Å². The number of hydrogen-bond donors (Lipinski definition) is 3. The smallest absolute Gasteiger partial charge is 0.411 e. The molecule has 0 saturated heterocycles. The van der Waals surface area contributed by atoms with Crippen molar-refractivity contribution in [3.63, 3.8) is 0 Å². The Kier molecular flexibility index (Phi) is 3.69. The lowest BCUT2D eigenvalue weighted by molar-refractivity contribution is 0.0700. The number of carbonyl (C=O) groups excluding carboxylic acids is 1. The number of nitrogens with zero attached hydrogens (tertiary/aromatic N) is 1. The van der Waals surface area contributed by atoms with Gasteiger partial charge in [0.05, 0.1) is 17.4 Å². The molecule has 0 saturated carbocycles. The third-order valence-corrected chi connectivity index (χ3v) is 2.71. The van der Waals surface area contributed by atoms with Gasteiger partial charge >= 0.3 is 12.1 Å². The highest BCUT2D eigenvalue weighted by atomic mass is 16.5. The van der Waals surface area contributed by atoms with Crippen LogP contribution in [-0.4, -0.2) is 34.0 Å². The monoisotopic (exact) mass is 275 g/mol. The van der Waals surface area contributed by atoms with E-state index < -0.39 is 12.1 Å². The summed E-state index contributed by atoms with van der Waals surface area (Å²) in [4.78, 5) is 23.0. The zero-order valence-electron chi connectivity index (χ0n) is 10.8. The van der Waals surface area contributed by atoms with Gasteiger partial charge in [-0.2, -0.15) is 5.10 Å². The maximum Gasteiger partial charge on any atom is 0.411 e. The van der Waals surface area contributed by atoms with Crippen LogP contribution in [-0.2, 0) is 4.74 Å². The molecule has 1 aromatic carbocycles. The predicted molar refractivity (Wildman–Crippen MR) is 73.0 cm³/mol. The summed E-state index contributed by atoms with van der Waals surface area (Å²) in [5.74, 6) is -1.16. The number of aromatic nitrogens is 2. The third-order valence-electron chi connectivity index (χ3n) is 2.71. The largest absolute Gasteiger partial charge is 0.478 e. The Morgan fingerprint density at radius 1 is 1.60 bits per heavy atom. The number of aryl methyl sites for hydroxylation is 1. The Bertz CT molecular complexity index is 690. The molecule has 0 atom stereocenters. The van der Waals surface area contributed by atoms with Crippen molar-refractivity contribution in [3.8, 4) is 0 Å². The molecule has 0 radical (unpaired) electrons. The minimum Gasteiger partial charge on any atom is -0.478 e. The van der Waals surface area contributed by atoms with Crippen LogP contribution < -0.4 is 5.32 Å². The van der Waals surface area contributed by atoms with Crippen molar-refractivity contribution in [3.05, 3.63) is 36.0 Å². The number of rotatable bonds is 4. The summed E-state index contributed by atoms with van der Waals surface area (Å²) >= 11 is 0. The highest BCUT2D eigenvalue weighted by molar-refractivity contribution is 6.10. The van der Waals surface area contributed by atoms with Gasteiger partial charge in [-0.3, -0.25) is 10.4 Å². The van der Waals surface area contributed by atoms with E-state index in [9.17, 15) is 14.7 Å². The number of amides is 1. The zero-order chi connectivity index (χ0) is 14.7. The Hall–Kier alpha value is -2.83. The van der Waals surface area contributed by atoms with Gasteiger partial charge in [0, 0.05) is 5.39 Å². The van der Waals surface area contributed by atoms with Crippen LogP contribution in [0.25, 0.3) is 10.9 Å². The predicted octanol–water partition coefficient (Wildman–Crippen LogP) is 2.30. The fraction of sp³-hybridized carbons (Fsp3) is 0.154. The molecular formula is C13H13N3O4. The van der Waals surface area contributed by atoms with E-state index in [-0.39, 0.29) is 17.9 Å².